The second kappa shape index (κ2) is 6.51. The van der Waals surface area contributed by atoms with Gasteiger partial charge in [-0.2, -0.15) is 0 Å². The van der Waals surface area contributed by atoms with Crippen molar-refractivity contribution in [2.75, 3.05) is 5.32 Å². The van der Waals surface area contributed by atoms with E-state index >= 15 is 0 Å². The smallest absolute Gasteiger partial charge is 0.208 e. The standard InChI is InChI=1S/C15H13N3OS2/c20-15-18-17-14(21-15)16-12-7-4-8-13(9-12)19-10-11-5-2-1-3-6-11/h1-9H,10H2,(H,16,17)(H,18,20). The average Bonchev–Trinajstić information content (AvgIpc) is 2.92. The molecule has 6 heteroatoms. The summed E-state index contributed by atoms with van der Waals surface area (Å²) in [6, 6.07) is 17.8. The molecule has 2 N–H and O–H groups in total. The van der Waals surface area contributed by atoms with Crippen LogP contribution in [-0.4, -0.2) is 10.2 Å². The summed E-state index contributed by atoms with van der Waals surface area (Å²) in [4.78, 5) is 0. The van der Waals surface area contributed by atoms with Gasteiger partial charge < -0.3 is 10.1 Å². The number of nitrogens with zero attached hydrogens (tertiary/aromatic N) is 1. The van der Waals surface area contributed by atoms with Crippen molar-refractivity contribution in [3.8, 4) is 5.75 Å². The van der Waals surface area contributed by atoms with Crippen molar-refractivity contribution < 1.29 is 4.74 Å². The molecule has 0 fully saturated rings. The fourth-order valence-electron chi connectivity index (χ4n) is 1.81. The predicted octanol–water partition coefficient (Wildman–Crippen LogP) is 4.52. The lowest BCUT2D eigenvalue weighted by Crippen LogP contribution is -1.96. The zero-order chi connectivity index (χ0) is 14.5. The fraction of sp³-hybridized carbons (Fsp3) is 0.0667. The molecule has 0 aliphatic heterocycles. The van der Waals surface area contributed by atoms with Gasteiger partial charge in [0.05, 0.1) is 0 Å². The van der Waals surface area contributed by atoms with Crippen LogP contribution in [0.1, 0.15) is 5.56 Å². The monoisotopic (exact) mass is 315 g/mol. The molecule has 0 atom stereocenters. The number of rotatable bonds is 5. The average molecular weight is 315 g/mol. The highest BCUT2D eigenvalue weighted by Crippen LogP contribution is 2.23. The minimum absolute atomic E-state index is 0.547. The minimum atomic E-state index is 0.547. The molecule has 1 aromatic heterocycles. The maximum Gasteiger partial charge on any atom is 0.208 e. The van der Waals surface area contributed by atoms with E-state index in [-0.39, 0.29) is 0 Å². The molecule has 0 saturated carbocycles. The highest BCUT2D eigenvalue weighted by molar-refractivity contribution is 7.73. The van der Waals surface area contributed by atoms with Crippen LogP contribution in [0.3, 0.4) is 0 Å². The van der Waals surface area contributed by atoms with Gasteiger partial charge in [0.1, 0.15) is 12.4 Å². The molecule has 106 valence electrons. The van der Waals surface area contributed by atoms with Crippen LogP contribution in [0.4, 0.5) is 10.8 Å². The van der Waals surface area contributed by atoms with E-state index in [2.05, 4.69) is 15.5 Å². The summed E-state index contributed by atoms with van der Waals surface area (Å²) in [6.07, 6.45) is 0. The first-order valence-corrected chi connectivity index (χ1v) is 7.61. The molecule has 1 heterocycles. The third-order valence-corrected chi connectivity index (χ3v) is 3.78. The molecule has 3 rings (SSSR count). The Morgan fingerprint density at radius 1 is 1.14 bits per heavy atom. The molecular formula is C15H13N3OS2. The summed E-state index contributed by atoms with van der Waals surface area (Å²) >= 11 is 6.40. The van der Waals surface area contributed by atoms with E-state index < -0.39 is 0 Å². The van der Waals surface area contributed by atoms with Gasteiger partial charge in [0.2, 0.25) is 5.13 Å². The summed E-state index contributed by atoms with van der Waals surface area (Å²) in [5, 5.41) is 10.7. The summed E-state index contributed by atoms with van der Waals surface area (Å²) in [5.74, 6) is 0.808. The van der Waals surface area contributed by atoms with Crippen LogP contribution < -0.4 is 10.1 Å². The first-order chi connectivity index (χ1) is 10.3. The van der Waals surface area contributed by atoms with Crippen LogP contribution in [0, 0.1) is 3.95 Å². The number of ether oxygens (including phenoxy) is 1. The van der Waals surface area contributed by atoms with Crippen molar-refractivity contribution in [1.82, 2.24) is 10.2 Å². The number of hydrogen-bond donors (Lipinski definition) is 2. The normalized spacial score (nSPS) is 10.3. The molecular weight excluding hydrogens is 302 g/mol. The summed E-state index contributed by atoms with van der Waals surface area (Å²) < 4.78 is 6.44. The van der Waals surface area contributed by atoms with Gasteiger partial charge in [-0.1, -0.05) is 47.7 Å². The summed E-state index contributed by atoms with van der Waals surface area (Å²) in [6.45, 7) is 0.547. The maximum atomic E-state index is 5.79. The molecule has 0 amide bonds. The van der Waals surface area contributed by atoms with Crippen LogP contribution in [0.15, 0.2) is 54.6 Å². The van der Waals surface area contributed by atoms with Crippen molar-refractivity contribution >= 4 is 34.4 Å². The van der Waals surface area contributed by atoms with Gasteiger partial charge in [-0.05, 0) is 29.9 Å². The Bertz CT molecular complexity index is 768. The van der Waals surface area contributed by atoms with Crippen molar-refractivity contribution in [2.45, 2.75) is 6.61 Å². The van der Waals surface area contributed by atoms with Gasteiger partial charge in [-0.15, -0.1) is 5.10 Å². The first kappa shape index (κ1) is 13.8. The van der Waals surface area contributed by atoms with Crippen molar-refractivity contribution in [3.63, 3.8) is 0 Å². The van der Waals surface area contributed by atoms with Gasteiger partial charge >= 0.3 is 0 Å². The van der Waals surface area contributed by atoms with E-state index in [0.29, 0.717) is 10.6 Å². The summed E-state index contributed by atoms with van der Waals surface area (Å²) in [7, 11) is 0. The maximum absolute atomic E-state index is 5.79. The highest BCUT2D eigenvalue weighted by Gasteiger charge is 2.01. The molecule has 4 nitrogen and oxygen atoms in total. The molecule has 0 aliphatic rings. The van der Waals surface area contributed by atoms with Gasteiger partial charge in [-0.3, -0.25) is 5.10 Å². The lowest BCUT2D eigenvalue weighted by Gasteiger charge is -2.08. The van der Waals surface area contributed by atoms with E-state index in [1.165, 1.54) is 11.3 Å². The third-order valence-electron chi connectivity index (χ3n) is 2.77. The second-order valence-corrected chi connectivity index (χ2v) is 6.01. The number of hydrogen-bond acceptors (Lipinski definition) is 5. The molecule has 0 spiro atoms. The fourth-order valence-corrected chi connectivity index (χ4v) is 2.62. The van der Waals surface area contributed by atoms with Crippen LogP contribution in [0.25, 0.3) is 0 Å². The molecule has 2 aromatic carbocycles. The van der Waals surface area contributed by atoms with Crippen LogP contribution in [0.2, 0.25) is 0 Å². The first-order valence-electron chi connectivity index (χ1n) is 6.39. The van der Waals surface area contributed by atoms with Crippen LogP contribution in [0.5, 0.6) is 5.75 Å². The van der Waals surface area contributed by atoms with E-state index in [4.69, 9.17) is 17.0 Å². The van der Waals surface area contributed by atoms with Gasteiger partial charge in [-0.25, -0.2) is 0 Å². The predicted molar refractivity (Wildman–Crippen MR) is 87.8 cm³/mol. The zero-order valence-corrected chi connectivity index (χ0v) is 12.7. The highest BCUT2D eigenvalue weighted by atomic mass is 32.1. The van der Waals surface area contributed by atoms with Crippen molar-refractivity contribution in [3.05, 3.63) is 64.1 Å². The Kier molecular flexibility index (Phi) is 4.28. The van der Waals surface area contributed by atoms with Gasteiger partial charge in [0, 0.05) is 11.8 Å². The Balaban J connectivity index is 1.67. The van der Waals surface area contributed by atoms with E-state index in [1.54, 1.807) is 0 Å². The number of nitrogens with one attached hydrogen (secondary N) is 2. The van der Waals surface area contributed by atoms with E-state index in [1.807, 2.05) is 54.6 Å². The largest absolute Gasteiger partial charge is 0.489 e. The van der Waals surface area contributed by atoms with E-state index in [0.717, 1.165) is 22.1 Å². The Morgan fingerprint density at radius 3 is 2.76 bits per heavy atom. The zero-order valence-electron chi connectivity index (χ0n) is 11.1. The molecule has 0 unspecified atom stereocenters. The Labute approximate surface area is 131 Å². The molecule has 0 radical (unpaired) electrons. The number of aromatic nitrogens is 2. The van der Waals surface area contributed by atoms with E-state index in [9.17, 15) is 0 Å². The lowest BCUT2D eigenvalue weighted by molar-refractivity contribution is 0.306. The Morgan fingerprint density at radius 2 is 2.00 bits per heavy atom. The van der Waals surface area contributed by atoms with Crippen molar-refractivity contribution in [2.24, 2.45) is 0 Å². The number of anilines is 2. The Hall–Kier alpha value is -2.18. The van der Waals surface area contributed by atoms with Crippen molar-refractivity contribution in [1.29, 1.82) is 0 Å². The molecule has 0 saturated heterocycles. The quantitative estimate of drug-likeness (QED) is 0.680. The van der Waals surface area contributed by atoms with Crippen LogP contribution in [-0.2, 0) is 6.61 Å². The lowest BCUT2D eigenvalue weighted by atomic mass is 10.2. The number of aromatic amines is 1. The minimum Gasteiger partial charge on any atom is -0.489 e. The number of benzene rings is 2. The topological polar surface area (TPSA) is 49.9 Å². The summed E-state index contributed by atoms with van der Waals surface area (Å²) in [5.41, 5.74) is 2.06. The third kappa shape index (κ3) is 3.90. The van der Waals surface area contributed by atoms with Gasteiger partial charge in [0.15, 0.2) is 3.95 Å². The molecule has 0 aliphatic carbocycles. The molecule has 3 aromatic rings. The number of H-pyrrole nitrogens is 1. The molecule has 21 heavy (non-hydrogen) atoms. The SMILES string of the molecule is S=c1[nH]nc(Nc2cccc(OCc3ccccc3)c2)s1. The van der Waals surface area contributed by atoms with Crippen LogP contribution >= 0.6 is 23.6 Å². The molecule has 0 bridgehead atoms. The van der Waals surface area contributed by atoms with Gasteiger partial charge in [0.25, 0.3) is 0 Å². The second-order valence-electron chi connectivity index (χ2n) is 4.35.